The van der Waals surface area contributed by atoms with Crippen molar-refractivity contribution in [3.05, 3.63) is 0 Å². The maximum atomic E-state index is 11.4. The third-order valence-electron chi connectivity index (χ3n) is 2.28. The van der Waals surface area contributed by atoms with Gasteiger partial charge in [0, 0.05) is 22.4 Å². The molecule has 92 valence electrons. The van der Waals surface area contributed by atoms with E-state index in [1.165, 1.54) is 25.7 Å². The fraction of sp³-hybridized carbons (Fsp3) is 1.00. The molecule has 0 aliphatic rings. The topological polar surface area (TPSA) is 37.3 Å². The highest BCUT2D eigenvalue weighted by Gasteiger charge is 2.07. The molecule has 0 saturated heterocycles. The number of alkyl halides is 1. The largest absolute Gasteiger partial charge is 0.391 e. The van der Waals surface area contributed by atoms with Crippen molar-refractivity contribution in [2.24, 2.45) is 0 Å². The number of aliphatic hydroxyl groups excluding tert-OH is 1. The predicted octanol–water partition coefficient (Wildman–Crippen LogP) is 2.70. The van der Waals surface area contributed by atoms with Crippen LogP contribution in [0, 0.1) is 0 Å². The van der Waals surface area contributed by atoms with Crippen molar-refractivity contribution in [3.63, 3.8) is 0 Å². The lowest BCUT2D eigenvalue weighted by atomic mass is 10.1. The molecule has 0 radical (unpaired) electrons. The van der Waals surface area contributed by atoms with Crippen LogP contribution in [0.5, 0.6) is 0 Å². The average Bonchev–Trinajstić information content (AvgIpc) is 2.23. The Bertz CT molecular complexity index is 165. The van der Waals surface area contributed by atoms with Gasteiger partial charge in [-0.05, 0) is 6.42 Å². The molecule has 0 aliphatic carbocycles. The molecule has 0 aromatic rings. The van der Waals surface area contributed by atoms with Crippen LogP contribution in [0.4, 0.5) is 0 Å². The van der Waals surface area contributed by atoms with Crippen LogP contribution < -0.4 is 0 Å². The summed E-state index contributed by atoms with van der Waals surface area (Å²) in [6.07, 6.45) is 6.64. The second-order valence-electron chi connectivity index (χ2n) is 3.89. The van der Waals surface area contributed by atoms with Crippen molar-refractivity contribution in [3.8, 4) is 0 Å². The Hall–Kier alpha value is 0.400. The number of hydrogen-bond donors (Lipinski definition) is 1. The molecule has 2 atom stereocenters. The minimum absolute atomic E-state index is 0.183. The number of aliphatic hydroxyl groups is 1. The van der Waals surface area contributed by atoms with E-state index in [9.17, 15) is 9.32 Å². The third kappa shape index (κ3) is 10.7. The van der Waals surface area contributed by atoms with E-state index in [2.05, 4.69) is 6.92 Å². The molecule has 0 heterocycles. The number of hydrogen-bond acceptors (Lipinski definition) is 2. The minimum Gasteiger partial charge on any atom is -0.391 e. The highest BCUT2D eigenvalue weighted by molar-refractivity contribution is 7.85. The van der Waals surface area contributed by atoms with Gasteiger partial charge < -0.3 is 5.11 Å². The zero-order chi connectivity index (χ0) is 11.5. The van der Waals surface area contributed by atoms with Gasteiger partial charge in [-0.2, -0.15) is 0 Å². The zero-order valence-electron chi connectivity index (χ0n) is 9.58. The van der Waals surface area contributed by atoms with Gasteiger partial charge in [0.05, 0.1) is 11.9 Å². The third-order valence-corrected chi connectivity index (χ3v) is 4.14. The Kier molecular flexibility index (Phi) is 11.2. The predicted molar refractivity (Wildman–Crippen MR) is 68.0 cm³/mol. The lowest BCUT2D eigenvalue weighted by Crippen LogP contribution is -2.19. The maximum Gasteiger partial charge on any atom is 0.0790 e. The fourth-order valence-corrected chi connectivity index (χ4v) is 2.86. The maximum absolute atomic E-state index is 11.4. The summed E-state index contributed by atoms with van der Waals surface area (Å²) in [5, 5.41) is 9.18. The summed E-state index contributed by atoms with van der Waals surface area (Å²) in [6.45, 7) is 2.20. The number of unbranched alkanes of at least 4 members (excludes halogenated alkanes) is 5. The summed E-state index contributed by atoms with van der Waals surface area (Å²) < 4.78 is 11.4. The minimum atomic E-state index is -0.892. The van der Waals surface area contributed by atoms with E-state index in [1.54, 1.807) is 0 Å². The summed E-state index contributed by atoms with van der Waals surface area (Å²) in [5.74, 6) is 1.22. The van der Waals surface area contributed by atoms with E-state index >= 15 is 0 Å². The van der Waals surface area contributed by atoms with Crippen LogP contribution in [0.3, 0.4) is 0 Å². The summed E-state index contributed by atoms with van der Waals surface area (Å²) in [7, 11) is -0.892. The van der Waals surface area contributed by atoms with Crippen molar-refractivity contribution in [2.75, 3.05) is 17.4 Å². The van der Waals surface area contributed by atoms with Crippen molar-refractivity contribution in [1.29, 1.82) is 0 Å². The van der Waals surface area contributed by atoms with Crippen LogP contribution in [0.1, 0.15) is 45.4 Å². The normalized spacial score (nSPS) is 15.1. The quantitative estimate of drug-likeness (QED) is 0.481. The summed E-state index contributed by atoms with van der Waals surface area (Å²) in [6, 6.07) is 0. The molecule has 0 aliphatic heterocycles. The molecular weight excluding hydrogens is 232 g/mol. The standard InChI is InChI=1S/C11H23ClO2S/c1-2-3-4-5-6-7-8-15(14)10-11(13)9-12/h11,13H,2-10H2,1H3/t11-,15+/m0/s1. The average molecular weight is 255 g/mol. The van der Waals surface area contributed by atoms with Gasteiger partial charge in [0.15, 0.2) is 0 Å². The van der Waals surface area contributed by atoms with Crippen molar-refractivity contribution in [1.82, 2.24) is 0 Å². The van der Waals surface area contributed by atoms with Gasteiger partial charge in [0.25, 0.3) is 0 Å². The Labute approximate surface area is 101 Å². The lowest BCUT2D eigenvalue weighted by molar-refractivity contribution is 0.222. The van der Waals surface area contributed by atoms with Crippen molar-refractivity contribution >= 4 is 22.4 Å². The van der Waals surface area contributed by atoms with Crippen LogP contribution >= 0.6 is 11.6 Å². The van der Waals surface area contributed by atoms with E-state index in [-0.39, 0.29) is 5.88 Å². The van der Waals surface area contributed by atoms with E-state index < -0.39 is 16.9 Å². The highest BCUT2D eigenvalue weighted by Crippen LogP contribution is 2.06. The summed E-state index contributed by atoms with van der Waals surface area (Å²) in [5.41, 5.74) is 0. The van der Waals surface area contributed by atoms with Crippen LogP contribution in [0.2, 0.25) is 0 Å². The van der Waals surface area contributed by atoms with Crippen LogP contribution in [0.15, 0.2) is 0 Å². The highest BCUT2D eigenvalue weighted by atomic mass is 35.5. The Morgan fingerprint density at radius 1 is 1.20 bits per heavy atom. The molecule has 0 amide bonds. The molecule has 0 spiro atoms. The van der Waals surface area contributed by atoms with Gasteiger partial charge >= 0.3 is 0 Å². The van der Waals surface area contributed by atoms with Crippen LogP contribution in [-0.4, -0.2) is 32.8 Å². The van der Waals surface area contributed by atoms with Gasteiger partial charge in [-0.15, -0.1) is 11.6 Å². The fourth-order valence-electron chi connectivity index (χ4n) is 1.39. The van der Waals surface area contributed by atoms with Gasteiger partial charge in [0.1, 0.15) is 0 Å². The second-order valence-corrected chi connectivity index (χ2v) is 5.82. The molecule has 15 heavy (non-hydrogen) atoms. The van der Waals surface area contributed by atoms with Crippen LogP contribution in [0.25, 0.3) is 0 Å². The molecule has 2 nitrogen and oxygen atoms in total. The van der Waals surface area contributed by atoms with Gasteiger partial charge in [-0.25, -0.2) is 0 Å². The SMILES string of the molecule is CCCCCCCC[S@@](=O)C[C@@H](O)CCl. The van der Waals surface area contributed by atoms with Crippen LogP contribution in [-0.2, 0) is 10.8 Å². The molecule has 0 unspecified atom stereocenters. The molecule has 0 aromatic heterocycles. The Morgan fingerprint density at radius 2 is 1.80 bits per heavy atom. The lowest BCUT2D eigenvalue weighted by Gasteiger charge is -2.06. The summed E-state index contributed by atoms with van der Waals surface area (Å²) in [4.78, 5) is 0. The number of rotatable bonds is 10. The first kappa shape index (κ1) is 15.4. The first-order chi connectivity index (χ1) is 7.20. The number of halogens is 1. The van der Waals surface area contributed by atoms with E-state index in [1.807, 2.05) is 0 Å². The molecule has 0 aromatic carbocycles. The molecule has 0 bridgehead atoms. The van der Waals surface area contributed by atoms with E-state index in [0.717, 1.165) is 12.8 Å². The van der Waals surface area contributed by atoms with Gasteiger partial charge in [0.2, 0.25) is 0 Å². The van der Waals surface area contributed by atoms with Gasteiger partial charge in [-0.1, -0.05) is 39.0 Å². The Morgan fingerprint density at radius 3 is 2.40 bits per heavy atom. The second kappa shape index (κ2) is 10.9. The first-order valence-corrected chi connectivity index (χ1v) is 7.82. The van der Waals surface area contributed by atoms with Gasteiger partial charge in [-0.3, -0.25) is 4.21 Å². The van der Waals surface area contributed by atoms with E-state index in [0.29, 0.717) is 11.5 Å². The smallest absolute Gasteiger partial charge is 0.0790 e. The summed E-state index contributed by atoms with van der Waals surface area (Å²) >= 11 is 5.43. The molecule has 4 heteroatoms. The zero-order valence-corrected chi connectivity index (χ0v) is 11.2. The molecule has 0 fully saturated rings. The first-order valence-electron chi connectivity index (χ1n) is 5.79. The monoisotopic (exact) mass is 254 g/mol. The molecule has 0 saturated carbocycles. The van der Waals surface area contributed by atoms with Crippen molar-refractivity contribution < 1.29 is 9.32 Å². The van der Waals surface area contributed by atoms with Crippen molar-refractivity contribution in [2.45, 2.75) is 51.6 Å². The Balaban J connectivity index is 3.24. The molecule has 0 rings (SSSR count). The molecule has 1 N–H and O–H groups in total. The molecular formula is C11H23ClO2S. The van der Waals surface area contributed by atoms with E-state index in [4.69, 9.17) is 11.6 Å².